The molecule has 2 rings (SSSR count). The number of ether oxygens (including phenoxy) is 2. The van der Waals surface area contributed by atoms with Crippen molar-refractivity contribution in [1.82, 2.24) is 15.2 Å². The van der Waals surface area contributed by atoms with Crippen LogP contribution < -0.4 is 10.1 Å². The SMILES string of the molecule is CCCOc1ccc(CN=C(NCC)N(C)CCOCC2CC2)cn1. The highest BCUT2D eigenvalue weighted by molar-refractivity contribution is 5.79. The first kappa shape index (κ1) is 19.5. The molecular formula is C19H32N4O2. The van der Waals surface area contributed by atoms with Crippen LogP contribution in [0.4, 0.5) is 0 Å². The molecule has 0 radical (unpaired) electrons. The first-order valence-corrected chi connectivity index (χ1v) is 9.37. The second-order valence-electron chi connectivity index (χ2n) is 6.46. The summed E-state index contributed by atoms with van der Waals surface area (Å²) in [5.41, 5.74) is 1.07. The lowest BCUT2D eigenvalue weighted by Crippen LogP contribution is -2.40. The number of nitrogens with one attached hydrogen (secondary N) is 1. The number of guanidine groups is 1. The molecule has 1 heterocycles. The standard InChI is InChI=1S/C19H32N4O2/c1-4-11-25-18-9-8-17(13-21-18)14-22-19(20-5-2)23(3)10-12-24-15-16-6-7-16/h8-9,13,16H,4-7,10-12,14-15H2,1-3H3,(H,20,22). The maximum absolute atomic E-state index is 5.72. The summed E-state index contributed by atoms with van der Waals surface area (Å²) in [6.45, 7) is 8.77. The van der Waals surface area contributed by atoms with Crippen LogP contribution in [0.2, 0.25) is 0 Å². The number of nitrogens with zero attached hydrogens (tertiary/aromatic N) is 3. The summed E-state index contributed by atoms with van der Waals surface area (Å²) in [7, 11) is 2.04. The van der Waals surface area contributed by atoms with Gasteiger partial charge in [0.15, 0.2) is 5.96 Å². The van der Waals surface area contributed by atoms with E-state index in [9.17, 15) is 0 Å². The van der Waals surface area contributed by atoms with E-state index >= 15 is 0 Å². The summed E-state index contributed by atoms with van der Waals surface area (Å²) in [6, 6.07) is 3.92. The Labute approximate surface area is 151 Å². The van der Waals surface area contributed by atoms with Gasteiger partial charge in [0.1, 0.15) is 0 Å². The molecule has 1 fully saturated rings. The molecule has 0 spiro atoms. The third-order valence-electron chi connectivity index (χ3n) is 3.98. The van der Waals surface area contributed by atoms with Gasteiger partial charge in [0.05, 0.1) is 19.8 Å². The van der Waals surface area contributed by atoms with Crippen LogP contribution in [0, 0.1) is 5.92 Å². The smallest absolute Gasteiger partial charge is 0.213 e. The fourth-order valence-corrected chi connectivity index (χ4v) is 2.27. The molecule has 0 amide bonds. The number of pyridine rings is 1. The zero-order chi connectivity index (χ0) is 17.9. The van der Waals surface area contributed by atoms with Crippen LogP contribution in [0.1, 0.15) is 38.7 Å². The van der Waals surface area contributed by atoms with Gasteiger partial charge in [0.25, 0.3) is 0 Å². The Bertz CT molecular complexity index is 515. The van der Waals surface area contributed by atoms with E-state index in [1.54, 1.807) is 0 Å². The van der Waals surface area contributed by atoms with Crippen molar-refractivity contribution >= 4 is 5.96 Å². The highest BCUT2D eigenvalue weighted by Crippen LogP contribution is 2.28. The number of hydrogen-bond donors (Lipinski definition) is 1. The van der Waals surface area contributed by atoms with Gasteiger partial charge in [-0.05, 0) is 37.7 Å². The van der Waals surface area contributed by atoms with Gasteiger partial charge in [-0.25, -0.2) is 9.98 Å². The maximum Gasteiger partial charge on any atom is 0.213 e. The molecule has 140 valence electrons. The Morgan fingerprint density at radius 3 is 2.80 bits per heavy atom. The van der Waals surface area contributed by atoms with Gasteiger partial charge in [-0.15, -0.1) is 0 Å². The quantitative estimate of drug-likeness (QED) is 0.378. The summed E-state index contributed by atoms with van der Waals surface area (Å²) in [6.07, 6.45) is 5.47. The van der Waals surface area contributed by atoms with E-state index in [0.717, 1.165) is 50.2 Å². The molecule has 1 aromatic rings. The van der Waals surface area contributed by atoms with Crippen LogP contribution in [0.25, 0.3) is 0 Å². The lowest BCUT2D eigenvalue weighted by atomic mass is 10.3. The van der Waals surface area contributed by atoms with Gasteiger partial charge in [-0.3, -0.25) is 0 Å². The van der Waals surface area contributed by atoms with E-state index < -0.39 is 0 Å². The number of aliphatic imine (C=N–C) groups is 1. The van der Waals surface area contributed by atoms with Crippen LogP contribution in [-0.2, 0) is 11.3 Å². The molecule has 0 aliphatic heterocycles. The molecule has 1 aromatic heterocycles. The summed E-state index contributed by atoms with van der Waals surface area (Å²) in [5.74, 6) is 2.37. The average molecular weight is 348 g/mol. The summed E-state index contributed by atoms with van der Waals surface area (Å²) in [5, 5.41) is 3.33. The fourth-order valence-electron chi connectivity index (χ4n) is 2.27. The highest BCUT2D eigenvalue weighted by Gasteiger charge is 2.21. The molecule has 1 saturated carbocycles. The summed E-state index contributed by atoms with van der Waals surface area (Å²) >= 11 is 0. The number of likely N-dealkylation sites (N-methyl/N-ethyl adjacent to an activating group) is 1. The fraction of sp³-hybridized carbons (Fsp3) is 0.684. The van der Waals surface area contributed by atoms with Crippen LogP contribution in [-0.4, -0.2) is 55.8 Å². The molecule has 25 heavy (non-hydrogen) atoms. The van der Waals surface area contributed by atoms with Gasteiger partial charge in [0, 0.05) is 39.0 Å². The van der Waals surface area contributed by atoms with Gasteiger partial charge in [0.2, 0.25) is 5.88 Å². The molecule has 0 aromatic carbocycles. The van der Waals surface area contributed by atoms with Crippen molar-refractivity contribution < 1.29 is 9.47 Å². The van der Waals surface area contributed by atoms with Crippen LogP contribution in [0.5, 0.6) is 5.88 Å². The van der Waals surface area contributed by atoms with Crippen LogP contribution >= 0.6 is 0 Å². The normalized spacial score (nSPS) is 14.4. The molecule has 0 unspecified atom stereocenters. The van der Waals surface area contributed by atoms with Gasteiger partial charge < -0.3 is 19.7 Å². The molecule has 1 aliphatic carbocycles. The average Bonchev–Trinajstić information content (AvgIpc) is 3.45. The van der Waals surface area contributed by atoms with Crippen LogP contribution in [0.15, 0.2) is 23.3 Å². The van der Waals surface area contributed by atoms with E-state index in [4.69, 9.17) is 14.5 Å². The lowest BCUT2D eigenvalue weighted by molar-refractivity contribution is 0.115. The first-order chi connectivity index (χ1) is 12.2. The molecule has 0 saturated heterocycles. The third kappa shape index (κ3) is 7.73. The Morgan fingerprint density at radius 2 is 2.16 bits per heavy atom. The molecular weight excluding hydrogens is 316 g/mol. The minimum Gasteiger partial charge on any atom is -0.478 e. The highest BCUT2D eigenvalue weighted by atomic mass is 16.5. The predicted molar refractivity (Wildman–Crippen MR) is 101 cm³/mol. The third-order valence-corrected chi connectivity index (χ3v) is 3.98. The van der Waals surface area contributed by atoms with Gasteiger partial charge in [-0.1, -0.05) is 13.0 Å². The summed E-state index contributed by atoms with van der Waals surface area (Å²) < 4.78 is 11.2. The maximum atomic E-state index is 5.72. The zero-order valence-corrected chi connectivity index (χ0v) is 15.8. The van der Waals surface area contributed by atoms with Crippen molar-refractivity contribution in [2.24, 2.45) is 10.9 Å². The molecule has 6 heteroatoms. The number of rotatable bonds is 11. The number of hydrogen-bond acceptors (Lipinski definition) is 4. The van der Waals surface area contributed by atoms with E-state index in [2.05, 4.69) is 29.0 Å². The van der Waals surface area contributed by atoms with Crippen molar-refractivity contribution in [3.05, 3.63) is 23.9 Å². The Hall–Kier alpha value is -1.82. The Morgan fingerprint density at radius 1 is 1.32 bits per heavy atom. The van der Waals surface area contributed by atoms with Crippen molar-refractivity contribution in [2.45, 2.75) is 39.7 Å². The molecule has 1 aliphatic rings. The molecule has 6 nitrogen and oxygen atoms in total. The predicted octanol–water partition coefficient (Wildman–Crippen LogP) is 2.69. The van der Waals surface area contributed by atoms with E-state index in [-0.39, 0.29) is 0 Å². The molecule has 0 atom stereocenters. The van der Waals surface area contributed by atoms with Crippen LogP contribution in [0.3, 0.4) is 0 Å². The lowest BCUT2D eigenvalue weighted by Gasteiger charge is -2.22. The summed E-state index contributed by atoms with van der Waals surface area (Å²) in [4.78, 5) is 11.1. The number of aromatic nitrogens is 1. The topological polar surface area (TPSA) is 59.0 Å². The second kappa shape index (κ2) is 10.9. The minimum atomic E-state index is 0.594. The Balaban J connectivity index is 1.80. The molecule has 1 N–H and O–H groups in total. The van der Waals surface area contributed by atoms with Gasteiger partial charge in [-0.2, -0.15) is 0 Å². The van der Waals surface area contributed by atoms with Crippen molar-refractivity contribution in [1.29, 1.82) is 0 Å². The van der Waals surface area contributed by atoms with Crippen molar-refractivity contribution in [3.63, 3.8) is 0 Å². The largest absolute Gasteiger partial charge is 0.478 e. The monoisotopic (exact) mass is 348 g/mol. The molecule has 0 bridgehead atoms. The van der Waals surface area contributed by atoms with Crippen molar-refractivity contribution in [3.8, 4) is 5.88 Å². The van der Waals surface area contributed by atoms with Gasteiger partial charge >= 0.3 is 0 Å². The van der Waals surface area contributed by atoms with Crippen molar-refractivity contribution in [2.75, 3.05) is 40.0 Å². The van der Waals surface area contributed by atoms with E-state index in [1.165, 1.54) is 12.8 Å². The Kier molecular flexibility index (Phi) is 8.52. The first-order valence-electron chi connectivity index (χ1n) is 9.37. The second-order valence-corrected chi connectivity index (χ2v) is 6.46. The van der Waals surface area contributed by atoms with E-state index in [1.807, 2.05) is 25.4 Å². The minimum absolute atomic E-state index is 0.594. The van der Waals surface area contributed by atoms with E-state index in [0.29, 0.717) is 19.0 Å². The zero-order valence-electron chi connectivity index (χ0n) is 15.8.